The molecular formula is C59H61NS. The van der Waals surface area contributed by atoms with Crippen molar-refractivity contribution in [3.8, 4) is 22.4 Å². The second-order valence-corrected chi connectivity index (χ2v) is 22.0. The fraction of sp³-hybridized carbons (Fsp3) is 0.271. The van der Waals surface area contributed by atoms with Gasteiger partial charge < -0.3 is 0 Å². The van der Waals surface area contributed by atoms with Crippen LogP contribution in [0.4, 0.5) is 0 Å². The number of nitrogens with zero attached hydrogens (tertiary/aromatic N) is 1. The van der Waals surface area contributed by atoms with E-state index in [1.54, 1.807) is 0 Å². The molecule has 0 aliphatic carbocycles. The van der Waals surface area contributed by atoms with Gasteiger partial charge in [0, 0.05) is 31.9 Å². The second-order valence-electron chi connectivity index (χ2n) is 20.9. The molecule has 0 N–H and O–H groups in total. The average Bonchev–Trinajstić information content (AvgIpc) is 3.22. The van der Waals surface area contributed by atoms with E-state index < -0.39 is 0 Å². The van der Waals surface area contributed by atoms with Crippen LogP contribution in [0, 0.1) is 0 Å². The molecule has 0 saturated carbocycles. The Morgan fingerprint density at radius 1 is 0.393 bits per heavy atom. The molecular weight excluding hydrogens is 755 g/mol. The van der Waals surface area contributed by atoms with Gasteiger partial charge in [-0.2, -0.15) is 0 Å². The van der Waals surface area contributed by atoms with Crippen LogP contribution in [-0.4, -0.2) is 4.98 Å². The van der Waals surface area contributed by atoms with Gasteiger partial charge in [-0.3, -0.25) is 0 Å². The normalized spacial score (nSPS) is 14.5. The Morgan fingerprint density at radius 2 is 0.787 bits per heavy atom. The highest BCUT2D eigenvalue weighted by Gasteiger charge is 2.28. The Labute approximate surface area is 370 Å². The maximum absolute atomic E-state index is 5.72. The molecule has 0 amide bonds. The molecule has 1 nitrogen and oxygen atoms in total. The summed E-state index contributed by atoms with van der Waals surface area (Å²) >= 11 is 1.87. The smallest absolute Gasteiger partial charge is 0.0794 e. The number of rotatable bonds is 5. The minimum atomic E-state index is 0.0495. The standard InChI is InChI=1S/C59H61NS/c1-56(2,3)42-29-21-38(22-30-42)52-48-19-15-13-17-46(48)50(60-54(52)40-25-33-44(34-26-40)58(7,8)9)37-51-47-18-14-16-20-49(47)53(39-23-31-43(32-24-39)57(4,5)6)55(61-51)41-27-35-45(36-28-41)59(10,11)12/h13-37H,1-12H3/b51-37-. The Bertz CT molecular complexity index is 2790. The van der Waals surface area contributed by atoms with Crippen LogP contribution in [0.1, 0.15) is 133 Å². The molecule has 0 fully saturated rings. The van der Waals surface area contributed by atoms with Gasteiger partial charge in [-0.15, -0.1) is 0 Å². The molecule has 0 spiro atoms. The lowest BCUT2D eigenvalue weighted by molar-refractivity contribution is 0.590. The molecule has 2 heteroatoms. The third-order valence-corrected chi connectivity index (χ3v) is 13.4. The van der Waals surface area contributed by atoms with Gasteiger partial charge in [0.1, 0.15) is 0 Å². The van der Waals surface area contributed by atoms with Crippen molar-refractivity contribution >= 4 is 44.0 Å². The molecule has 7 aromatic rings. The third-order valence-electron chi connectivity index (χ3n) is 12.2. The van der Waals surface area contributed by atoms with Crippen molar-refractivity contribution < 1.29 is 0 Å². The first-order valence-electron chi connectivity index (χ1n) is 21.9. The summed E-state index contributed by atoms with van der Waals surface area (Å²) in [6.45, 7) is 27.4. The molecule has 61 heavy (non-hydrogen) atoms. The van der Waals surface area contributed by atoms with Crippen molar-refractivity contribution in [1.82, 2.24) is 4.98 Å². The van der Waals surface area contributed by atoms with Crippen LogP contribution in [0.5, 0.6) is 0 Å². The summed E-state index contributed by atoms with van der Waals surface area (Å²) in [4.78, 5) is 8.16. The number of hydrogen-bond acceptors (Lipinski definition) is 2. The first-order chi connectivity index (χ1) is 28.8. The SMILES string of the molecule is CC(C)(C)c1ccc(C2=C(c3ccc(C(C)(C)C)cc3)c3ccccc3/C(=C/c3nc(-c4ccc(C(C)(C)C)cc4)c(-c4ccc(C(C)(C)C)cc4)c4ccccc34)S2)cc1. The number of aromatic nitrogens is 1. The average molecular weight is 816 g/mol. The Hall–Kier alpha value is -5.44. The topological polar surface area (TPSA) is 12.9 Å². The van der Waals surface area contributed by atoms with Gasteiger partial charge in [-0.1, -0.05) is 240 Å². The van der Waals surface area contributed by atoms with Crippen LogP contribution in [0.25, 0.3) is 54.6 Å². The van der Waals surface area contributed by atoms with Gasteiger partial charge in [-0.25, -0.2) is 4.98 Å². The quantitative estimate of drug-likeness (QED) is 0.172. The second kappa shape index (κ2) is 15.8. The lowest BCUT2D eigenvalue weighted by Gasteiger charge is -2.27. The number of pyridine rings is 1. The van der Waals surface area contributed by atoms with Gasteiger partial charge in [0.05, 0.1) is 11.4 Å². The minimum Gasteiger partial charge on any atom is -0.247 e. The molecule has 2 heterocycles. The highest BCUT2D eigenvalue weighted by atomic mass is 32.2. The van der Waals surface area contributed by atoms with Gasteiger partial charge in [0.25, 0.3) is 0 Å². The first kappa shape index (κ1) is 42.3. The van der Waals surface area contributed by atoms with Crippen molar-refractivity contribution in [3.63, 3.8) is 0 Å². The highest BCUT2D eigenvalue weighted by Crippen LogP contribution is 2.53. The summed E-state index contributed by atoms with van der Waals surface area (Å²) in [5, 5.41) is 2.34. The molecule has 8 rings (SSSR count). The zero-order chi connectivity index (χ0) is 43.5. The van der Waals surface area contributed by atoms with Crippen LogP contribution < -0.4 is 0 Å². The van der Waals surface area contributed by atoms with Crippen LogP contribution in [0.2, 0.25) is 0 Å². The molecule has 1 aliphatic heterocycles. The first-order valence-corrected chi connectivity index (χ1v) is 22.7. The lowest BCUT2D eigenvalue weighted by Crippen LogP contribution is -2.11. The predicted molar refractivity (Wildman–Crippen MR) is 268 cm³/mol. The molecule has 0 saturated heterocycles. The van der Waals surface area contributed by atoms with E-state index in [2.05, 4.69) is 235 Å². The van der Waals surface area contributed by atoms with Crippen LogP contribution >= 0.6 is 11.8 Å². The van der Waals surface area contributed by atoms with Gasteiger partial charge in [0.15, 0.2) is 0 Å². The van der Waals surface area contributed by atoms with E-state index in [0.717, 1.165) is 22.3 Å². The summed E-state index contributed by atoms with van der Waals surface area (Å²) in [6, 6.07) is 54.6. The van der Waals surface area contributed by atoms with E-state index in [9.17, 15) is 0 Å². The molecule has 0 atom stereocenters. The Kier molecular flexibility index (Phi) is 10.9. The zero-order valence-electron chi connectivity index (χ0n) is 38.3. The molecule has 1 aromatic heterocycles. The fourth-order valence-corrected chi connectivity index (χ4v) is 9.66. The minimum absolute atomic E-state index is 0.0495. The largest absolute Gasteiger partial charge is 0.247 e. The lowest BCUT2D eigenvalue weighted by atomic mass is 9.84. The summed E-state index contributed by atoms with van der Waals surface area (Å²) in [5.41, 5.74) is 17.2. The zero-order valence-corrected chi connectivity index (χ0v) is 39.1. The summed E-state index contributed by atoms with van der Waals surface area (Å²) in [7, 11) is 0. The van der Waals surface area contributed by atoms with Crippen LogP contribution in [0.3, 0.4) is 0 Å². The van der Waals surface area contributed by atoms with Crippen molar-refractivity contribution in [2.45, 2.75) is 105 Å². The number of thioether (sulfide) groups is 1. The number of hydrogen-bond donors (Lipinski definition) is 0. The summed E-state index contributed by atoms with van der Waals surface area (Å²) in [5.74, 6) is 0. The van der Waals surface area contributed by atoms with Crippen LogP contribution in [-0.2, 0) is 21.7 Å². The maximum Gasteiger partial charge on any atom is 0.0794 e. The fourth-order valence-electron chi connectivity index (χ4n) is 8.40. The Balaban J connectivity index is 1.37. The monoisotopic (exact) mass is 815 g/mol. The van der Waals surface area contributed by atoms with E-state index in [1.165, 1.54) is 76.4 Å². The van der Waals surface area contributed by atoms with Crippen molar-refractivity contribution in [2.75, 3.05) is 0 Å². The van der Waals surface area contributed by atoms with Crippen molar-refractivity contribution in [2.24, 2.45) is 0 Å². The Morgan fingerprint density at radius 3 is 1.26 bits per heavy atom. The summed E-state index contributed by atoms with van der Waals surface area (Å²) in [6.07, 6.45) is 2.36. The van der Waals surface area contributed by atoms with Gasteiger partial charge in [-0.05, 0) is 83.2 Å². The van der Waals surface area contributed by atoms with Crippen molar-refractivity contribution in [1.29, 1.82) is 0 Å². The molecule has 308 valence electrons. The van der Waals surface area contributed by atoms with Crippen LogP contribution in [0.15, 0.2) is 146 Å². The van der Waals surface area contributed by atoms with E-state index in [4.69, 9.17) is 4.98 Å². The maximum atomic E-state index is 5.72. The van der Waals surface area contributed by atoms with Gasteiger partial charge in [0.2, 0.25) is 0 Å². The highest BCUT2D eigenvalue weighted by molar-refractivity contribution is 8.17. The number of benzene rings is 6. The van der Waals surface area contributed by atoms with Crippen molar-refractivity contribution in [3.05, 3.63) is 196 Å². The molecule has 1 aliphatic rings. The molecule has 0 bridgehead atoms. The van der Waals surface area contributed by atoms with E-state index in [-0.39, 0.29) is 21.7 Å². The van der Waals surface area contributed by atoms with E-state index >= 15 is 0 Å². The van der Waals surface area contributed by atoms with E-state index in [1.807, 2.05) is 11.8 Å². The molecule has 0 unspecified atom stereocenters. The molecule has 0 radical (unpaired) electrons. The third kappa shape index (κ3) is 8.58. The molecule has 6 aromatic carbocycles. The van der Waals surface area contributed by atoms with E-state index in [0.29, 0.717) is 0 Å². The van der Waals surface area contributed by atoms with Gasteiger partial charge >= 0.3 is 0 Å². The number of fused-ring (bicyclic) bond motifs is 2. The predicted octanol–water partition coefficient (Wildman–Crippen LogP) is 16.9. The summed E-state index contributed by atoms with van der Waals surface area (Å²) < 4.78 is 0.